The summed E-state index contributed by atoms with van der Waals surface area (Å²) >= 11 is 0. The summed E-state index contributed by atoms with van der Waals surface area (Å²) in [6.45, 7) is 2.51. The normalized spacial score (nSPS) is 13.3. The van der Waals surface area contributed by atoms with Crippen molar-refractivity contribution in [3.63, 3.8) is 0 Å². The summed E-state index contributed by atoms with van der Waals surface area (Å²) in [7, 11) is -1.10. The van der Waals surface area contributed by atoms with E-state index in [9.17, 15) is 8.42 Å². The first kappa shape index (κ1) is 15.9. The minimum absolute atomic E-state index is 0.133. The molecule has 108 valence electrons. The molecule has 0 aromatic carbocycles. The molecule has 0 aliphatic rings. The molecule has 2 N–H and O–H groups in total. The molecule has 0 aliphatic carbocycles. The van der Waals surface area contributed by atoms with Crippen LogP contribution < -0.4 is 10.6 Å². The lowest BCUT2D eigenvalue weighted by atomic mass is 10.1. The Balaban J connectivity index is 2.60. The molecule has 0 bridgehead atoms. The zero-order valence-corrected chi connectivity index (χ0v) is 12.7. The topological polar surface area (TPSA) is 76.3 Å². The number of hydrogen-bond acceptors (Lipinski definition) is 5. The highest BCUT2D eigenvalue weighted by Crippen LogP contribution is 2.11. The minimum Gasteiger partial charge on any atom is -0.359 e. The summed E-state index contributed by atoms with van der Waals surface area (Å²) in [6, 6.07) is 4.06. The molecule has 0 saturated heterocycles. The van der Waals surface area contributed by atoms with Gasteiger partial charge in [-0.3, -0.25) is 0 Å². The van der Waals surface area contributed by atoms with E-state index in [-0.39, 0.29) is 11.8 Å². The molecule has 1 aromatic rings. The Bertz CT molecular complexity index is 485. The molecule has 0 fully saturated rings. The fourth-order valence-corrected chi connectivity index (χ4v) is 2.23. The predicted molar refractivity (Wildman–Crippen MR) is 79.2 cm³/mol. The van der Waals surface area contributed by atoms with E-state index in [1.807, 2.05) is 30.3 Å². The predicted octanol–water partition coefficient (Wildman–Crippen LogP) is 0.842. The lowest BCUT2D eigenvalue weighted by molar-refractivity contribution is 0.601. The smallest absolute Gasteiger partial charge is 0.149 e. The summed E-state index contributed by atoms with van der Waals surface area (Å²) in [5.41, 5.74) is 7.00. The van der Waals surface area contributed by atoms with Crippen LogP contribution in [0.1, 0.15) is 18.9 Å². The van der Waals surface area contributed by atoms with E-state index in [2.05, 4.69) is 11.9 Å². The maximum absolute atomic E-state index is 11.1. The highest BCUT2D eigenvalue weighted by Gasteiger charge is 2.08. The van der Waals surface area contributed by atoms with E-state index in [0.717, 1.165) is 24.2 Å². The third-order valence-electron chi connectivity index (χ3n) is 3.02. The van der Waals surface area contributed by atoms with Crippen molar-refractivity contribution in [1.82, 2.24) is 4.98 Å². The largest absolute Gasteiger partial charge is 0.359 e. The van der Waals surface area contributed by atoms with Crippen LogP contribution in [-0.4, -0.2) is 45.0 Å². The van der Waals surface area contributed by atoms with E-state index in [1.54, 1.807) is 0 Å². The van der Waals surface area contributed by atoms with E-state index in [0.29, 0.717) is 6.54 Å². The third kappa shape index (κ3) is 6.02. The van der Waals surface area contributed by atoms with Gasteiger partial charge < -0.3 is 10.6 Å². The Labute approximate surface area is 115 Å². The quantitative estimate of drug-likeness (QED) is 0.803. The van der Waals surface area contributed by atoms with Crippen molar-refractivity contribution in [2.24, 2.45) is 5.73 Å². The number of aromatic nitrogens is 1. The number of rotatable bonds is 7. The first-order chi connectivity index (χ1) is 8.81. The standard InChI is InChI=1S/C13H23N3O2S/c1-4-12(14)9-11-5-6-13(15-10-11)16(2)7-8-19(3,17)18/h5-6,10,12H,4,7-9,14H2,1-3H3. The van der Waals surface area contributed by atoms with Crippen LogP contribution in [0.4, 0.5) is 5.82 Å². The van der Waals surface area contributed by atoms with Crippen LogP contribution in [0.25, 0.3) is 0 Å². The average Bonchev–Trinajstić information content (AvgIpc) is 2.36. The highest BCUT2D eigenvalue weighted by atomic mass is 32.2. The molecule has 0 spiro atoms. The van der Waals surface area contributed by atoms with Crippen LogP contribution in [0, 0.1) is 0 Å². The monoisotopic (exact) mass is 285 g/mol. The molecule has 1 aromatic heterocycles. The molecule has 1 heterocycles. The first-order valence-electron chi connectivity index (χ1n) is 6.41. The zero-order valence-electron chi connectivity index (χ0n) is 11.8. The number of pyridine rings is 1. The maximum Gasteiger partial charge on any atom is 0.149 e. The fraction of sp³-hybridized carbons (Fsp3) is 0.615. The van der Waals surface area contributed by atoms with E-state index < -0.39 is 9.84 Å². The van der Waals surface area contributed by atoms with Crippen LogP contribution in [0.3, 0.4) is 0 Å². The van der Waals surface area contributed by atoms with Gasteiger partial charge in [0.25, 0.3) is 0 Å². The zero-order chi connectivity index (χ0) is 14.5. The van der Waals surface area contributed by atoms with E-state index in [4.69, 9.17) is 5.73 Å². The van der Waals surface area contributed by atoms with Crippen molar-refractivity contribution >= 4 is 15.7 Å². The molecule has 0 saturated carbocycles. The van der Waals surface area contributed by atoms with Gasteiger partial charge in [0.2, 0.25) is 0 Å². The Hall–Kier alpha value is -1.14. The molecule has 0 radical (unpaired) electrons. The van der Waals surface area contributed by atoms with Crippen molar-refractivity contribution < 1.29 is 8.42 Å². The number of nitrogens with two attached hydrogens (primary N) is 1. The lowest BCUT2D eigenvalue weighted by Gasteiger charge is -2.18. The number of nitrogens with zero attached hydrogens (tertiary/aromatic N) is 2. The van der Waals surface area contributed by atoms with Gasteiger partial charge >= 0.3 is 0 Å². The van der Waals surface area contributed by atoms with Crippen molar-refractivity contribution in [3.8, 4) is 0 Å². The number of anilines is 1. The number of sulfone groups is 1. The first-order valence-corrected chi connectivity index (χ1v) is 8.47. The van der Waals surface area contributed by atoms with Crippen LogP contribution in [0.5, 0.6) is 0 Å². The molecular formula is C13H23N3O2S. The summed E-state index contributed by atoms with van der Waals surface area (Å²) in [5, 5.41) is 0. The highest BCUT2D eigenvalue weighted by molar-refractivity contribution is 7.90. The van der Waals surface area contributed by atoms with Crippen molar-refractivity contribution in [2.75, 3.05) is 30.5 Å². The van der Waals surface area contributed by atoms with Crippen molar-refractivity contribution in [3.05, 3.63) is 23.9 Å². The van der Waals surface area contributed by atoms with Gasteiger partial charge in [0.05, 0.1) is 5.75 Å². The van der Waals surface area contributed by atoms with Crippen LogP contribution in [0.15, 0.2) is 18.3 Å². The van der Waals surface area contributed by atoms with Crippen molar-refractivity contribution in [1.29, 1.82) is 0 Å². The van der Waals surface area contributed by atoms with E-state index in [1.165, 1.54) is 6.26 Å². The molecule has 5 nitrogen and oxygen atoms in total. The molecule has 1 rings (SSSR count). The van der Waals surface area contributed by atoms with Crippen LogP contribution in [0.2, 0.25) is 0 Å². The molecule has 1 unspecified atom stereocenters. The molecular weight excluding hydrogens is 262 g/mol. The van der Waals surface area contributed by atoms with Gasteiger partial charge in [0, 0.05) is 32.1 Å². The number of hydrogen-bond donors (Lipinski definition) is 1. The van der Waals surface area contributed by atoms with Crippen LogP contribution in [-0.2, 0) is 16.3 Å². The Morgan fingerprint density at radius 3 is 2.58 bits per heavy atom. The van der Waals surface area contributed by atoms with Crippen molar-refractivity contribution in [2.45, 2.75) is 25.8 Å². The van der Waals surface area contributed by atoms with Gasteiger partial charge in [0.1, 0.15) is 15.7 Å². The average molecular weight is 285 g/mol. The second kappa shape index (κ2) is 6.86. The lowest BCUT2D eigenvalue weighted by Crippen LogP contribution is -2.26. The van der Waals surface area contributed by atoms with Gasteiger partial charge in [-0.25, -0.2) is 13.4 Å². The minimum atomic E-state index is -2.94. The Morgan fingerprint density at radius 2 is 2.11 bits per heavy atom. The molecule has 0 aliphatic heterocycles. The second-order valence-corrected chi connectivity index (χ2v) is 7.21. The molecule has 1 atom stereocenters. The van der Waals surface area contributed by atoms with Gasteiger partial charge in [-0.15, -0.1) is 0 Å². The Kier molecular flexibility index (Phi) is 5.75. The van der Waals surface area contributed by atoms with Gasteiger partial charge in [-0.2, -0.15) is 0 Å². The molecule has 19 heavy (non-hydrogen) atoms. The molecule has 0 amide bonds. The van der Waals surface area contributed by atoms with E-state index >= 15 is 0 Å². The summed E-state index contributed by atoms with van der Waals surface area (Å²) in [6.07, 6.45) is 4.80. The second-order valence-electron chi connectivity index (χ2n) is 4.95. The van der Waals surface area contributed by atoms with Gasteiger partial charge in [-0.05, 0) is 24.5 Å². The van der Waals surface area contributed by atoms with Gasteiger partial charge in [-0.1, -0.05) is 13.0 Å². The SMILES string of the molecule is CCC(N)Cc1ccc(N(C)CCS(C)(=O)=O)nc1. The maximum atomic E-state index is 11.1. The summed E-state index contributed by atoms with van der Waals surface area (Å²) in [5.74, 6) is 0.908. The Morgan fingerprint density at radius 1 is 1.42 bits per heavy atom. The van der Waals surface area contributed by atoms with Crippen LogP contribution >= 0.6 is 0 Å². The third-order valence-corrected chi connectivity index (χ3v) is 3.94. The van der Waals surface area contributed by atoms with Gasteiger partial charge in [0.15, 0.2) is 0 Å². The molecule has 6 heteroatoms. The summed E-state index contributed by atoms with van der Waals surface area (Å²) in [4.78, 5) is 6.18. The fourth-order valence-electron chi connectivity index (χ4n) is 1.63. The summed E-state index contributed by atoms with van der Waals surface area (Å²) < 4.78 is 22.2.